The van der Waals surface area contributed by atoms with Crippen LogP contribution in [0.1, 0.15) is 36.0 Å². The molecule has 1 fully saturated rings. The number of carbonyl (C=O) groups excluding carboxylic acids is 1. The lowest BCUT2D eigenvalue weighted by molar-refractivity contribution is -0.135. The van der Waals surface area contributed by atoms with Gasteiger partial charge < -0.3 is 14.5 Å². The number of ether oxygens (including phenoxy) is 1. The van der Waals surface area contributed by atoms with Crippen LogP contribution in [0.4, 0.5) is 5.82 Å². The monoisotopic (exact) mass is 374 g/mol. The van der Waals surface area contributed by atoms with Crippen LogP contribution in [-0.4, -0.2) is 60.7 Å². The number of fused-ring (bicyclic) bond motifs is 3. The van der Waals surface area contributed by atoms with Crippen LogP contribution in [0.2, 0.25) is 0 Å². The van der Waals surface area contributed by atoms with Crippen LogP contribution >= 0.6 is 11.3 Å². The van der Waals surface area contributed by atoms with Crippen LogP contribution < -0.4 is 4.90 Å². The van der Waals surface area contributed by atoms with Gasteiger partial charge in [0.15, 0.2) is 0 Å². The Kier molecular flexibility index (Phi) is 5.09. The standard InChI is InChI=1S/C19H26N4O2S/c1-3-15-20-18(23-10-8-22(9-11-23)16(24)12-25-2)17-13-6-4-5-7-14(13)26-19(17)21-15/h3-12H2,1-2H3. The van der Waals surface area contributed by atoms with Gasteiger partial charge >= 0.3 is 0 Å². The van der Waals surface area contributed by atoms with Crippen molar-refractivity contribution in [2.24, 2.45) is 0 Å². The van der Waals surface area contributed by atoms with E-state index in [1.54, 1.807) is 7.11 Å². The highest BCUT2D eigenvalue weighted by atomic mass is 32.1. The van der Waals surface area contributed by atoms with E-state index in [1.165, 1.54) is 35.1 Å². The van der Waals surface area contributed by atoms with E-state index in [0.717, 1.165) is 55.5 Å². The molecule has 0 spiro atoms. The van der Waals surface area contributed by atoms with E-state index in [1.807, 2.05) is 16.2 Å². The molecule has 3 heterocycles. The third-order valence-electron chi connectivity index (χ3n) is 5.36. The number of methoxy groups -OCH3 is 1. The number of aromatic nitrogens is 2. The second-order valence-electron chi connectivity index (χ2n) is 7.01. The lowest BCUT2D eigenvalue weighted by atomic mass is 9.97. The number of hydrogen-bond donors (Lipinski definition) is 0. The fourth-order valence-corrected chi connectivity index (χ4v) is 5.23. The summed E-state index contributed by atoms with van der Waals surface area (Å²) in [7, 11) is 1.57. The van der Waals surface area contributed by atoms with E-state index in [4.69, 9.17) is 14.7 Å². The Balaban J connectivity index is 1.65. The molecule has 1 amide bonds. The summed E-state index contributed by atoms with van der Waals surface area (Å²) in [6, 6.07) is 0. The zero-order chi connectivity index (χ0) is 18.1. The van der Waals surface area contributed by atoms with Gasteiger partial charge in [-0.2, -0.15) is 0 Å². The largest absolute Gasteiger partial charge is 0.375 e. The van der Waals surface area contributed by atoms with Crippen molar-refractivity contribution < 1.29 is 9.53 Å². The van der Waals surface area contributed by atoms with Gasteiger partial charge in [0.25, 0.3) is 0 Å². The molecule has 0 radical (unpaired) electrons. The first-order valence-electron chi connectivity index (χ1n) is 9.54. The van der Waals surface area contributed by atoms with Gasteiger partial charge in [-0.25, -0.2) is 9.97 Å². The molecular weight excluding hydrogens is 348 g/mol. The number of carbonyl (C=O) groups is 1. The van der Waals surface area contributed by atoms with E-state index in [2.05, 4.69) is 11.8 Å². The number of thiophene rings is 1. The molecule has 0 atom stereocenters. The van der Waals surface area contributed by atoms with E-state index in [0.29, 0.717) is 0 Å². The Labute approximate surface area is 158 Å². The van der Waals surface area contributed by atoms with Crippen molar-refractivity contribution in [3.63, 3.8) is 0 Å². The fourth-order valence-electron chi connectivity index (χ4n) is 3.95. The highest BCUT2D eigenvalue weighted by Crippen LogP contribution is 2.40. The van der Waals surface area contributed by atoms with Gasteiger partial charge in [-0.05, 0) is 31.2 Å². The van der Waals surface area contributed by atoms with Crippen molar-refractivity contribution >= 4 is 33.3 Å². The number of amides is 1. The molecule has 1 aliphatic heterocycles. The second kappa shape index (κ2) is 7.48. The molecule has 2 aromatic rings. The van der Waals surface area contributed by atoms with Crippen molar-refractivity contribution in [1.29, 1.82) is 0 Å². The lowest BCUT2D eigenvalue weighted by Gasteiger charge is -2.36. The predicted molar refractivity (Wildman–Crippen MR) is 104 cm³/mol. The molecule has 140 valence electrons. The normalized spacial score (nSPS) is 17.6. The molecule has 7 heteroatoms. The second-order valence-corrected chi connectivity index (χ2v) is 8.09. The van der Waals surface area contributed by atoms with Gasteiger partial charge in [-0.1, -0.05) is 6.92 Å². The van der Waals surface area contributed by atoms with Gasteiger partial charge in [-0.15, -0.1) is 11.3 Å². The summed E-state index contributed by atoms with van der Waals surface area (Å²) >= 11 is 1.86. The molecule has 6 nitrogen and oxygen atoms in total. The summed E-state index contributed by atoms with van der Waals surface area (Å²) in [5.74, 6) is 2.08. The van der Waals surface area contributed by atoms with E-state index in [-0.39, 0.29) is 12.5 Å². The molecule has 26 heavy (non-hydrogen) atoms. The highest BCUT2D eigenvalue weighted by molar-refractivity contribution is 7.19. The first kappa shape index (κ1) is 17.7. The van der Waals surface area contributed by atoms with Gasteiger partial charge in [0.05, 0.1) is 5.39 Å². The Hall–Kier alpha value is -1.73. The average molecular weight is 375 g/mol. The summed E-state index contributed by atoms with van der Waals surface area (Å²) in [6.45, 7) is 5.35. The Morgan fingerprint density at radius 3 is 2.65 bits per heavy atom. The van der Waals surface area contributed by atoms with Crippen LogP contribution in [0, 0.1) is 0 Å². The number of piperazine rings is 1. The number of anilines is 1. The van der Waals surface area contributed by atoms with Crippen molar-refractivity contribution in [2.45, 2.75) is 39.0 Å². The topological polar surface area (TPSA) is 58.6 Å². The maximum atomic E-state index is 12.1. The van der Waals surface area contributed by atoms with Crippen LogP contribution in [0.5, 0.6) is 0 Å². The quantitative estimate of drug-likeness (QED) is 0.823. The molecule has 1 saturated heterocycles. The van der Waals surface area contributed by atoms with Crippen molar-refractivity contribution in [2.75, 3.05) is 44.8 Å². The molecule has 2 aliphatic rings. The highest BCUT2D eigenvalue weighted by Gasteiger charge is 2.27. The first-order chi connectivity index (χ1) is 12.7. The van der Waals surface area contributed by atoms with Gasteiger partial charge in [0.2, 0.25) is 5.91 Å². The molecule has 0 unspecified atom stereocenters. The molecule has 4 rings (SSSR count). The van der Waals surface area contributed by atoms with Crippen LogP contribution in [0.25, 0.3) is 10.2 Å². The zero-order valence-corrected chi connectivity index (χ0v) is 16.4. The van der Waals surface area contributed by atoms with Gasteiger partial charge in [0.1, 0.15) is 23.1 Å². The summed E-state index contributed by atoms with van der Waals surface area (Å²) < 4.78 is 4.98. The molecule has 1 aliphatic carbocycles. The Bertz CT molecular complexity index is 811. The third kappa shape index (κ3) is 3.18. The average Bonchev–Trinajstić information content (AvgIpc) is 3.06. The summed E-state index contributed by atoms with van der Waals surface area (Å²) in [4.78, 5) is 28.7. The number of rotatable bonds is 4. The van der Waals surface area contributed by atoms with Gasteiger partial charge in [-0.3, -0.25) is 4.79 Å². The minimum Gasteiger partial charge on any atom is -0.375 e. The first-order valence-corrected chi connectivity index (χ1v) is 10.4. The van der Waals surface area contributed by atoms with E-state index < -0.39 is 0 Å². The SMILES string of the molecule is CCc1nc(N2CCN(C(=O)COC)CC2)c2c3c(sc2n1)CCCC3. The zero-order valence-electron chi connectivity index (χ0n) is 15.6. The van der Waals surface area contributed by atoms with Gasteiger partial charge in [0, 0.05) is 44.6 Å². The molecule has 0 saturated carbocycles. The minimum absolute atomic E-state index is 0.0714. The van der Waals surface area contributed by atoms with Crippen LogP contribution in [0.3, 0.4) is 0 Å². The maximum absolute atomic E-state index is 12.1. The van der Waals surface area contributed by atoms with Crippen LogP contribution in [0.15, 0.2) is 0 Å². The van der Waals surface area contributed by atoms with Crippen LogP contribution in [-0.2, 0) is 28.8 Å². The Morgan fingerprint density at radius 1 is 1.15 bits per heavy atom. The molecule has 0 aromatic carbocycles. The van der Waals surface area contributed by atoms with Crippen molar-refractivity contribution in [1.82, 2.24) is 14.9 Å². The van der Waals surface area contributed by atoms with E-state index >= 15 is 0 Å². The predicted octanol–water partition coefficient (Wildman–Crippen LogP) is 2.43. The number of hydrogen-bond acceptors (Lipinski definition) is 6. The smallest absolute Gasteiger partial charge is 0.248 e. The maximum Gasteiger partial charge on any atom is 0.248 e. The lowest BCUT2D eigenvalue weighted by Crippen LogP contribution is -2.50. The summed E-state index contributed by atoms with van der Waals surface area (Å²) in [5.41, 5.74) is 1.48. The number of nitrogens with zero attached hydrogens (tertiary/aromatic N) is 4. The third-order valence-corrected chi connectivity index (χ3v) is 6.54. The number of aryl methyl sites for hydroxylation is 3. The van der Waals surface area contributed by atoms with Crippen molar-refractivity contribution in [3.05, 3.63) is 16.3 Å². The fraction of sp³-hybridized carbons (Fsp3) is 0.632. The molecule has 2 aromatic heterocycles. The molecular formula is C19H26N4O2S. The van der Waals surface area contributed by atoms with Crippen molar-refractivity contribution in [3.8, 4) is 0 Å². The summed E-state index contributed by atoms with van der Waals surface area (Å²) in [5, 5.41) is 1.28. The van der Waals surface area contributed by atoms with E-state index in [9.17, 15) is 4.79 Å². The molecule has 0 N–H and O–H groups in total. The molecule has 0 bridgehead atoms. The minimum atomic E-state index is 0.0714. The summed E-state index contributed by atoms with van der Waals surface area (Å²) in [6.07, 6.45) is 5.70. The Morgan fingerprint density at radius 2 is 1.92 bits per heavy atom.